The van der Waals surface area contributed by atoms with E-state index in [-0.39, 0.29) is 0 Å². The fraction of sp³-hybridized carbons (Fsp3) is 0. The molecule has 0 nitrogen and oxygen atoms in total. The van der Waals surface area contributed by atoms with Crippen molar-refractivity contribution in [2.75, 3.05) is 0 Å². The minimum Gasteiger partial charge on any atom is -0.0622 e. The zero-order valence-electron chi connectivity index (χ0n) is 29.6. The molecule has 0 heterocycles. The lowest BCUT2D eigenvalue weighted by atomic mass is 9.81. The zero-order chi connectivity index (χ0) is 35.6. The van der Waals surface area contributed by atoms with E-state index in [1.807, 2.05) is 0 Å². The summed E-state index contributed by atoms with van der Waals surface area (Å²) in [6.45, 7) is 0. The smallest absolute Gasteiger partial charge is 0.00197 e. The highest BCUT2D eigenvalue weighted by molar-refractivity contribution is 6.27. The van der Waals surface area contributed by atoms with Gasteiger partial charge in [-0.05, 0) is 139 Å². The molecule has 0 bridgehead atoms. The third-order valence-electron chi connectivity index (χ3n) is 11.4. The van der Waals surface area contributed by atoms with Crippen LogP contribution >= 0.6 is 0 Å². The number of hydrogen-bond donors (Lipinski definition) is 0. The molecule has 0 fully saturated rings. The molecule has 0 aromatic heterocycles. The minimum atomic E-state index is 1.21. The molecule has 11 aromatic carbocycles. The number of rotatable bonds is 4. The van der Waals surface area contributed by atoms with Crippen molar-refractivity contribution in [2.45, 2.75) is 0 Å². The van der Waals surface area contributed by atoms with E-state index in [1.165, 1.54) is 109 Å². The largest absolute Gasteiger partial charge is 0.0622 e. The average molecular weight is 683 g/mol. The van der Waals surface area contributed by atoms with Gasteiger partial charge in [-0.2, -0.15) is 0 Å². The summed E-state index contributed by atoms with van der Waals surface area (Å²) in [5.74, 6) is 0. The number of hydrogen-bond acceptors (Lipinski definition) is 0. The highest BCUT2D eigenvalue weighted by Gasteiger charge is 2.22. The van der Waals surface area contributed by atoms with Crippen LogP contribution in [0.3, 0.4) is 0 Å². The summed E-state index contributed by atoms with van der Waals surface area (Å²) in [6.07, 6.45) is 0. The maximum absolute atomic E-state index is 2.46. The van der Waals surface area contributed by atoms with Crippen molar-refractivity contribution in [1.82, 2.24) is 0 Å². The molecule has 0 saturated heterocycles. The van der Waals surface area contributed by atoms with E-state index >= 15 is 0 Å². The van der Waals surface area contributed by atoms with Gasteiger partial charge in [0.25, 0.3) is 0 Å². The first-order valence-electron chi connectivity index (χ1n) is 18.8. The molecule has 0 saturated carbocycles. The molecule has 54 heavy (non-hydrogen) atoms. The van der Waals surface area contributed by atoms with Crippen LogP contribution in [0.25, 0.3) is 109 Å². The molecule has 0 amide bonds. The van der Waals surface area contributed by atoms with Gasteiger partial charge in [-0.25, -0.2) is 0 Å². The summed E-state index contributed by atoms with van der Waals surface area (Å²) in [5, 5.41) is 15.1. The van der Waals surface area contributed by atoms with Gasteiger partial charge >= 0.3 is 0 Å². The van der Waals surface area contributed by atoms with Crippen LogP contribution in [0.4, 0.5) is 0 Å². The Labute approximate surface area is 314 Å². The van der Waals surface area contributed by atoms with E-state index in [4.69, 9.17) is 0 Å². The number of benzene rings is 11. The Morgan fingerprint density at radius 1 is 0.185 bits per heavy atom. The minimum absolute atomic E-state index is 1.21. The maximum atomic E-state index is 2.46. The lowest BCUT2D eigenvalue weighted by Crippen LogP contribution is -1.95. The van der Waals surface area contributed by atoms with Crippen LogP contribution in [0, 0.1) is 0 Å². The van der Waals surface area contributed by atoms with Crippen LogP contribution in [-0.2, 0) is 0 Å². The van der Waals surface area contributed by atoms with Crippen LogP contribution in [0.15, 0.2) is 206 Å². The van der Waals surface area contributed by atoms with E-state index in [1.54, 1.807) is 0 Å². The van der Waals surface area contributed by atoms with E-state index in [0.717, 1.165) is 0 Å². The number of fused-ring (bicyclic) bond motifs is 7. The zero-order valence-corrected chi connectivity index (χ0v) is 29.6. The first-order chi connectivity index (χ1) is 26.8. The second-order valence-electron chi connectivity index (χ2n) is 14.4. The Balaban J connectivity index is 1.32. The van der Waals surface area contributed by atoms with Gasteiger partial charge in [0, 0.05) is 0 Å². The van der Waals surface area contributed by atoms with Gasteiger partial charge in [-0.1, -0.05) is 176 Å². The van der Waals surface area contributed by atoms with Crippen molar-refractivity contribution in [2.24, 2.45) is 0 Å². The average Bonchev–Trinajstić information content (AvgIpc) is 3.25. The monoisotopic (exact) mass is 682 g/mol. The van der Waals surface area contributed by atoms with Crippen molar-refractivity contribution < 1.29 is 0 Å². The third-order valence-corrected chi connectivity index (χ3v) is 11.4. The van der Waals surface area contributed by atoms with Gasteiger partial charge < -0.3 is 0 Å². The van der Waals surface area contributed by atoms with Crippen LogP contribution < -0.4 is 0 Å². The first kappa shape index (κ1) is 30.6. The lowest BCUT2D eigenvalue weighted by molar-refractivity contribution is 1.63. The van der Waals surface area contributed by atoms with E-state index < -0.39 is 0 Å². The van der Waals surface area contributed by atoms with E-state index in [2.05, 4.69) is 206 Å². The molecule has 0 aliphatic rings. The summed E-state index contributed by atoms with van der Waals surface area (Å²) >= 11 is 0. The van der Waals surface area contributed by atoms with Crippen molar-refractivity contribution in [3.8, 4) is 44.5 Å². The molecule has 0 radical (unpaired) electrons. The highest BCUT2D eigenvalue weighted by Crippen LogP contribution is 2.49. The van der Waals surface area contributed by atoms with Gasteiger partial charge in [0.05, 0.1) is 0 Å². The van der Waals surface area contributed by atoms with E-state index in [0.29, 0.717) is 0 Å². The molecular formula is C54H34. The van der Waals surface area contributed by atoms with Gasteiger partial charge in [0.2, 0.25) is 0 Å². The summed E-state index contributed by atoms with van der Waals surface area (Å²) < 4.78 is 0. The van der Waals surface area contributed by atoms with Gasteiger partial charge in [-0.15, -0.1) is 0 Å². The molecule has 0 atom stereocenters. The predicted octanol–water partition coefficient (Wildman–Crippen LogP) is 15.3. The molecule has 0 heteroatoms. The Hall–Kier alpha value is -7.02. The molecule has 11 rings (SSSR count). The molecule has 0 unspecified atom stereocenters. The second-order valence-corrected chi connectivity index (χ2v) is 14.4. The molecule has 11 aromatic rings. The summed E-state index contributed by atoms with van der Waals surface area (Å²) in [5.41, 5.74) is 9.93. The normalized spacial score (nSPS) is 11.7. The summed E-state index contributed by atoms with van der Waals surface area (Å²) in [4.78, 5) is 0. The summed E-state index contributed by atoms with van der Waals surface area (Å²) in [6, 6.07) is 76.3. The molecular weight excluding hydrogens is 649 g/mol. The van der Waals surface area contributed by atoms with Crippen LogP contribution in [-0.4, -0.2) is 0 Å². The first-order valence-corrected chi connectivity index (χ1v) is 18.8. The molecule has 250 valence electrons. The Morgan fingerprint density at radius 2 is 0.648 bits per heavy atom. The van der Waals surface area contributed by atoms with E-state index in [9.17, 15) is 0 Å². The molecule has 0 N–H and O–H groups in total. The van der Waals surface area contributed by atoms with Crippen molar-refractivity contribution in [3.63, 3.8) is 0 Å². The van der Waals surface area contributed by atoms with Gasteiger partial charge in [0.15, 0.2) is 0 Å². The Bertz CT molecular complexity index is 3260. The fourth-order valence-electron chi connectivity index (χ4n) is 8.87. The van der Waals surface area contributed by atoms with Crippen molar-refractivity contribution >= 4 is 64.6 Å². The van der Waals surface area contributed by atoms with Crippen LogP contribution in [0.1, 0.15) is 0 Å². The van der Waals surface area contributed by atoms with Gasteiger partial charge in [-0.3, -0.25) is 0 Å². The predicted molar refractivity (Wildman–Crippen MR) is 233 cm³/mol. The standard InChI is InChI=1S/C54H34/c1-2-15-36(16-3-1)49-31-38-18-6-7-19-39(38)32-52(49)53-46-24-12-13-25-47(46)54(50-34-42-20-8-9-21-43(42)44-22-10-11-23-45(44)50)51-33-41(28-29-48(51)53)40-27-26-35-14-4-5-17-37(35)30-40/h1-34H. The van der Waals surface area contributed by atoms with Crippen molar-refractivity contribution in [1.29, 1.82) is 0 Å². The maximum Gasteiger partial charge on any atom is -0.00197 e. The summed E-state index contributed by atoms with van der Waals surface area (Å²) in [7, 11) is 0. The topological polar surface area (TPSA) is 0 Å². The lowest BCUT2D eigenvalue weighted by Gasteiger charge is -2.22. The highest BCUT2D eigenvalue weighted by atomic mass is 14.2. The van der Waals surface area contributed by atoms with Crippen molar-refractivity contribution in [3.05, 3.63) is 206 Å². The fourth-order valence-corrected chi connectivity index (χ4v) is 8.87. The SMILES string of the molecule is c1ccc(-c2cc3ccccc3cc2-c2c3ccccc3c(-c3cc4ccccc4c4ccccc34)c3cc(-c4ccc5ccccc5c4)ccc23)cc1. The Morgan fingerprint density at radius 3 is 1.37 bits per heavy atom. The Kier molecular flexibility index (Phi) is 6.97. The van der Waals surface area contributed by atoms with Crippen LogP contribution in [0.2, 0.25) is 0 Å². The quantitative estimate of drug-likeness (QED) is 0.128. The molecule has 0 aliphatic carbocycles. The molecule has 0 spiro atoms. The van der Waals surface area contributed by atoms with Gasteiger partial charge in [0.1, 0.15) is 0 Å². The molecule has 0 aliphatic heterocycles. The second kappa shape index (κ2) is 12.3. The van der Waals surface area contributed by atoms with Crippen LogP contribution in [0.5, 0.6) is 0 Å². The third kappa shape index (κ3) is 4.85.